The van der Waals surface area contributed by atoms with Crippen molar-refractivity contribution in [2.24, 2.45) is 0 Å². The molecule has 25 heavy (non-hydrogen) atoms. The SMILES string of the molecule is COc1ccc(CCC(=O)O[C@@H](C)C(=O)NC2CCCCCC2)cc1. The highest BCUT2D eigenvalue weighted by atomic mass is 16.5. The molecule has 1 aliphatic rings. The molecule has 1 aromatic carbocycles. The van der Waals surface area contributed by atoms with Crippen LogP contribution in [0.5, 0.6) is 5.75 Å². The Kier molecular flexibility index (Phi) is 7.76. The summed E-state index contributed by atoms with van der Waals surface area (Å²) in [4.78, 5) is 24.2. The van der Waals surface area contributed by atoms with Crippen LogP contribution in [-0.2, 0) is 20.7 Å². The van der Waals surface area contributed by atoms with Crippen LogP contribution in [0.25, 0.3) is 0 Å². The van der Waals surface area contributed by atoms with Gasteiger partial charge >= 0.3 is 5.97 Å². The Morgan fingerprint density at radius 3 is 2.36 bits per heavy atom. The minimum absolute atomic E-state index is 0.190. The van der Waals surface area contributed by atoms with Gasteiger partial charge in [0.25, 0.3) is 5.91 Å². The summed E-state index contributed by atoms with van der Waals surface area (Å²) in [5.74, 6) is 0.249. The summed E-state index contributed by atoms with van der Waals surface area (Å²) in [6.45, 7) is 1.64. The minimum atomic E-state index is -0.744. The van der Waals surface area contributed by atoms with Crippen LogP contribution in [0.15, 0.2) is 24.3 Å². The van der Waals surface area contributed by atoms with Crippen molar-refractivity contribution in [1.29, 1.82) is 0 Å². The van der Waals surface area contributed by atoms with E-state index >= 15 is 0 Å². The number of methoxy groups -OCH3 is 1. The maximum atomic E-state index is 12.2. The van der Waals surface area contributed by atoms with Gasteiger partial charge in [-0.1, -0.05) is 37.8 Å². The van der Waals surface area contributed by atoms with E-state index in [2.05, 4.69) is 5.32 Å². The van der Waals surface area contributed by atoms with Crippen LogP contribution in [0.3, 0.4) is 0 Å². The molecule has 138 valence electrons. The van der Waals surface area contributed by atoms with Gasteiger partial charge in [-0.2, -0.15) is 0 Å². The molecule has 2 rings (SSSR count). The Morgan fingerprint density at radius 2 is 1.76 bits per heavy atom. The molecule has 0 aliphatic heterocycles. The summed E-state index contributed by atoms with van der Waals surface area (Å²) >= 11 is 0. The Hall–Kier alpha value is -2.04. The van der Waals surface area contributed by atoms with Gasteiger partial charge in [0.2, 0.25) is 0 Å². The second-order valence-electron chi connectivity index (χ2n) is 6.68. The van der Waals surface area contributed by atoms with E-state index in [1.165, 1.54) is 12.8 Å². The summed E-state index contributed by atoms with van der Waals surface area (Å²) < 4.78 is 10.4. The molecular formula is C20H29NO4. The third kappa shape index (κ3) is 6.77. The number of benzene rings is 1. The number of rotatable bonds is 7. The van der Waals surface area contributed by atoms with Crippen LogP contribution in [-0.4, -0.2) is 31.1 Å². The number of aryl methyl sites for hydroxylation is 1. The average molecular weight is 347 g/mol. The van der Waals surface area contributed by atoms with Crippen molar-refractivity contribution >= 4 is 11.9 Å². The van der Waals surface area contributed by atoms with Gasteiger partial charge in [-0.25, -0.2) is 0 Å². The van der Waals surface area contributed by atoms with E-state index < -0.39 is 6.10 Å². The van der Waals surface area contributed by atoms with Gasteiger partial charge in [0.1, 0.15) is 5.75 Å². The normalized spacial score (nSPS) is 16.6. The molecule has 0 saturated heterocycles. The molecule has 1 fully saturated rings. The molecule has 1 atom stereocenters. The second-order valence-corrected chi connectivity index (χ2v) is 6.68. The van der Waals surface area contributed by atoms with Crippen molar-refractivity contribution in [3.05, 3.63) is 29.8 Å². The van der Waals surface area contributed by atoms with Gasteiger partial charge in [-0.05, 0) is 43.9 Å². The number of hydrogen-bond acceptors (Lipinski definition) is 4. The molecule has 1 N–H and O–H groups in total. The number of hydrogen-bond donors (Lipinski definition) is 1. The average Bonchev–Trinajstić information content (AvgIpc) is 2.89. The lowest BCUT2D eigenvalue weighted by Gasteiger charge is -2.19. The molecule has 0 unspecified atom stereocenters. The van der Waals surface area contributed by atoms with E-state index in [1.807, 2.05) is 24.3 Å². The van der Waals surface area contributed by atoms with E-state index in [4.69, 9.17) is 9.47 Å². The summed E-state index contributed by atoms with van der Waals surface area (Å²) in [6, 6.07) is 7.80. The second kappa shape index (κ2) is 10.1. The number of carbonyl (C=O) groups excluding carboxylic acids is 2. The Bertz CT molecular complexity index is 547. The predicted octanol–water partition coefficient (Wildman–Crippen LogP) is 3.40. The van der Waals surface area contributed by atoms with Crippen molar-refractivity contribution in [2.75, 3.05) is 7.11 Å². The first-order valence-electron chi connectivity index (χ1n) is 9.21. The third-order valence-corrected chi connectivity index (χ3v) is 4.66. The van der Waals surface area contributed by atoms with Gasteiger partial charge in [0.05, 0.1) is 7.11 Å². The molecular weight excluding hydrogens is 318 g/mol. The largest absolute Gasteiger partial charge is 0.497 e. The van der Waals surface area contributed by atoms with Crippen molar-refractivity contribution in [2.45, 2.75) is 70.4 Å². The van der Waals surface area contributed by atoms with Crippen molar-refractivity contribution in [1.82, 2.24) is 5.32 Å². The van der Waals surface area contributed by atoms with Gasteiger partial charge in [-0.15, -0.1) is 0 Å². The van der Waals surface area contributed by atoms with Crippen molar-refractivity contribution in [3.8, 4) is 5.75 Å². The quantitative estimate of drug-likeness (QED) is 0.606. The first kappa shape index (κ1) is 19.3. The van der Waals surface area contributed by atoms with E-state index in [0.717, 1.165) is 37.0 Å². The Morgan fingerprint density at radius 1 is 1.12 bits per heavy atom. The highest BCUT2D eigenvalue weighted by molar-refractivity contribution is 5.83. The first-order valence-corrected chi connectivity index (χ1v) is 9.21. The van der Waals surface area contributed by atoms with Gasteiger partial charge in [0.15, 0.2) is 6.10 Å². The zero-order valence-electron chi connectivity index (χ0n) is 15.3. The highest BCUT2D eigenvalue weighted by Crippen LogP contribution is 2.17. The number of esters is 1. The zero-order chi connectivity index (χ0) is 18.1. The lowest BCUT2D eigenvalue weighted by molar-refractivity contribution is -0.155. The van der Waals surface area contributed by atoms with Crippen LogP contribution in [0.2, 0.25) is 0 Å². The fourth-order valence-electron chi connectivity index (χ4n) is 3.09. The van der Waals surface area contributed by atoms with Gasteiger partial charge in [0, 0.05) is 12.5 Å². The Labute approximate surface area is 150 Å². The van der Waals surface area contributed by atoms with E-state index in [9.17, 15) is 9.59 Å². The van der Waals surface area contributed by atoms with Crippen LogP contribution in [0.4, 0.5) is 0 Å². The molecule has 1 aliphatic carbocycles. The molecule has 5 nitrogen and oxygen atoms in total. The van der Waals surface area contributed by atoms with E-state index in [0.29, 0.717) is 6.42 Å². The van der Waals surface area contributed by atoms with E-state index in [1.54, 1.807) is 14.0 Å². The van der Waals surface area contributed by atoms with Crippen LogP contribution in [0.1, 0.15) is 57.4 Å². The molecule has 1 aromatic rings. The summed E-state index contributed by atoms with van der Waals surface area (Å²) in [7, 11) is 1.62. The maximum absolute atomic E-state index is 12.2. The molecule has 0 spiro atoms. The Balaban J connectivity index is 1.71. The fourth-order valence-corrected chi connectivity index (χ4v) is 3.09. The molecule has 0 heterocycles. The molecule has 0 radical (unpaired) electrons. The monoisotopic (exact) mass is 347 g/mol. The minimum Gasteiger partial charge on any atom is -0.497 e. The maximum Gasteiger partial charge on any atom is 0.306 e. The molecule has 0 aromatic heterocycles. The molecule has 1 amide bonds. The van der Waals surface area contributed by atoms with Gasteiger partial charge in [-0.3, -0.25) is 9.59 Å². The number of amides is 1. The first-order chi connectivity index (χ1) is 12.1. The van der Waals surface area contributed by atoms with Crippen LogP contribution in [0, 0.1) is 0 Å². The number of carbonyl (C=O) groups is 2. The zero-order valence-corrected chi connectivity index (χ0v) is 15.3. The molecule has 1 saturated carbocycles. The third-order valence-electron chi connectivity index (χ3n) is 4.66. The van der Waals surface area contributed by atoms with Crippen LogP contribution < -0.4 is 10.1 Å². The number of nitrogens with one attached hydrogen (secondary N) is 1. The van der Waals surface area contributed by atoms with Crippen molar-refractivity contribution in [3.63, 3.8) is 0 Å². The molecule has 0 bridgehead atoms. The predicted molar refractivity (Wildman–Crippen MR) is 96.5 cm³/mol. The van der Waals surface area contributed by atoms with E-state index in [-0.39, 0.29) is 24.3 Å². The topological polar surface area (TPSA) is 64.6 Å². The van der Waals surface area contributed by atoms with Crippen molar-refractivity contribution < 1.29 is 19.1 Å². The summed E-state index contributed by atoms with van der Waals surface area (Å²) in [5, 5.41) is 3.02. The lowest BCUT2D eigenvalue weighted by Crippen LogP contribution is -2.41. The molecule has 5 heteroatoms. The number of ether oxygens (including phenoxy) is 2. The van der Waals surface area contributed by atoms with Gasteiger partial charge < -0.3 is 14.8 Å². The summed E-state index contributed by atoms with van der Waals surface area (Å²) in [6.07, 6.45) is 6.92. The smallest absolute Gasteiger partial charge is 0.306 e. The summed E-state index contributed by atoms with van der Waals surface area (Å²) in [5.41, 5.74) is 1.04. The fraction of sp³-hybridized carbons (Fsp3) is 0.600. The highest BCUT2D eigenvalue weighted by Gasteiger charge is 2.21. The van der Waals surface area contributed by atoms with Crippen LogP contribution >= 0.6 is 0 Å². The lowest BCUT2D eigenvalue weighted by atomic mass is 10.1. The standard InChI is InChI=1S/C20H29NO4/c1-15(20(23)21-17-7-5-3-4-6-8-17)25-19(22)14-11-16-9-12-18(24-2)13-10-16/h9-10,12-13,15,17H,3-8,11,14H2,1-2H3,(H,21,23)/t15-/m0/s1.